The fourth-order valence-electron chi connectivity index (χ4n) is 3.54. The predicted octanol–water partition coefficient (Wildman–Crippen LogP) is 2.77. The third kappa shape index (κ3) is 5.31. The number of hydrogen-bond acceptors (Lipinski definition) is 2. The van der Waals surface area contributed by atoms with Crippen molar-refractivity contribution in [1.29, 1.82) is 0 Å². The lowest BCUT2D eigenvalue weighted by Gasteiger charge is -2.34. The highest BCUT2D eigenvalue weighted by molar-refractivity contribution is 5.80. The van der Waals surface area contributed by atoms with Gasteiger partial charge in [-0.15, -0.1) is 0 Å². The van der Waals surface area contributed by atoms with Crippen LogP contribution in [0.3, 0.4) is 0 Å². The smallest absolute Gasteiger partial charge is 0.191 e. The summed E-state index contributed by atoms with van der Waals surface area (Å²) in [7, 11) is 1.87. The predicted molar refractivity (Wildman–Crippen MR) is 95.3 cm³/mol. The molecule has 0 aromatic heterocycles. The third-order valence-electron chi connectivity index (χ3n) is 4.93. The Hall–Kier alpha value is -1.03. The second-order valence-corrected chi connectivity index (χ2v) is 7.00. The molecule has 0 amide bonds. The Balaban J connectivity index is 1.83. The molecule has 0 aromatic rings. The number of likely N-dealkylation sites (tertiary alicyclic amines) is 1. The summed E-state index contributed by atoms with van der Waals surface area (Å²) in [5, 5.41) is 7.10. The van der Waals surface area contributed by atoms with Gasteiger partial charge in [-0.2, -0.15) is 0 Å². The normalized spacial score (nSPS) is 22.8. The SMILES string of the molecule is CN=C(NCC(C(C)C)N1CCCCCC1)NC1CC=CC1. The van der Waals surface area contributed by atoms with E-state index in [0.29, 0.717) is 18.0 Å². The van der Waals surface area contributed by atoms with Gasteiger partial charge in [-0.3, -0.25) is 9.89 Å². The average Bonchev–Trinajstić information content (AvgIpc) is 2.87. The number of hydrogen-bond donors (Lipinski definition) is 2. The summed E-state index contributed by atoms with van der Waals surface area (Å²) < 4.78 is 0. The van der Waals surface area contributed by atoms with Crippen LogP contribution in [0.25, 0.3) is 0 Å². The molecule has 0 saturated carbocycles. The molecule has 2 N–H and O–H groups in total. The summed E-state index contributed by atoms with van der Waals surface area (Å²) in [6, 6.07) is 1.11. The van der Waals surface area contributed by atoms with E-state index in [1.54, 1.807) is 0 Å². The van der Waals surface area contributed by atoms with E-state index in [4.69, 9.17) is 0 Å². The van der Waals surface area contributed by atoms with Crippen LogP contribution in [0.1, 0.15) is 52.4 Å². The Morgan fingerprint density at radius 2 is 1.77 bits per heavy atom. The van der Waals surface area contributed by atoms with Crippen LogP contribution >= 0.6 is 0 Å². The summed E-state index contributed by atoms with van der Waals surface area (Å²) in [6.07, 6.45) is 12.2. The van der Waals surface area contributed by atoms with E-state index in [2.05, 4.69) is 46.5 Å². The molecule has 4 heteroatoms. The molecule has 0 radical (unpaired) electrons. The molecule has 1 saturated heterocycles. The lowest BCUT2D eigenvalue weighted by molar-refractivity contribution is 0.161. The first-order valence-electron chi connectivity index (χ1n) is 9.07. The van der Waals surface area contributed by atoms with Crippen molar-refractivity contribution in [3.63, 3.8) is 0 Å². The minimum Gasteiger partial charge on any atom is -0.355 e. The number of rotatable bonds is 5. The molecule has 0 aromatic carbocycles. The van der Waals surface area contributed by atoms with Gasteiger partial charge in [0, 0.05) is 25.7 Å². The van der Waals surface area contributed by atoms with Crippen molar-refractivity contribution in [2.75, 3.05) is 26.7 Å². The number of aliphatic imine (C=N–C) groups is 1. The van der Waals surface area contributed by atoms with Gasteiger partial charge in [0.05, 0.1) is 0 Å². The molecule has 22 heavy (non-hydrogen) atoms. The molecule has 1 aliphatic carbocycles. The molecule has 2 rings (SSSR count). The third-order valence-corrected chi connectivity index (χ3v) is 4.93. The second-order valence-electron chi connectivity index (χ2n) is 7.00. The van der Waals surface area contributed by atoms with E-state index in [9.17, 15) is 0 Å². The van der Waals surface area contributed by atoms with Crippen LogP contribution < -0.4 is 10.6 Å². The summed E-state index contributed by atoms with van der Waals surface area (Å²) in [5.74, 6) is 1.62. The van der Waals surface area contributed by atoms with E-state index in [1.807, 2.05) is 7.05 Å². The highest BCUT2D eigenvalue weighted by atomic mass is 15.2. The first-order chi connectivity index (χ1) is 10.7. The van der Waals surface area contributed by atoms with E-state index < -0.39 is 0 Å². The number of guanidine groups is 1. The maximum Gasteiger partial charge on any atom is 0.191 e. The zero-order valence-corrected chi connectivity index (χ0v) is 14.6. The van der Waals surface area contributed by atoms with E-state index >= 15 is 0 Å². The molecule has 4 nitrogen and oxygen atoms in total. The molecule has 1 aliphatic heterocycles. The summed E-state index contributed by atoms with van der Waals surface area (Å²) in [4.78, 5) is 7.08. The van der Waals surface area contributed by atoms with Crippen molar-refractivity contribution < 1.29 is 0 Å². The number of nitrogens with zero attached hydrogens (tertiary/aromatic N) is 2. The quantitative estimate of drug-likeness (QED) is 0.466. The Kier molecular flexibility index (Phi) is 7.23. The zero-order valence-electron chi connectivity index (χ0n) is 14.6. The van der Waals surface area contributed by atoms with Crippen molar-refractivity contribution in [3.8, 4) is 0 Å². The first kappa shape index (κ1) is 17.3. The van der Waals surface area contributed by atoms with Crippen molar-refractivity contribution in [2.24, 2.45) is 10.9 Å². The number of nitrogens with one attached hydrogen (secondary N) is 2. The molecule has 1 unspecified atom stereocenters. The van der Waals surface area contributed by atoms with Crippen LogP contribution in [-0.2, 0) is 0 Å². The molecule has 1 heterocycles. The fraction of sp³-hybridized carbons (Fsp3) is 0.833. The van der Waals surface area contributed by atoms with E-state index in [1.165, 1.54) is 38.8 Å². The van der Waals surface area contributed by atoms with Crippen LogP contribution in [-0.4, -0.2) is 49.6 Å². The van der Waals surface area contributed by atoms with Crippen LogP contribution in [0.15, 0.2) is 17.1 Å². The Bertz CT molecular complexity index is 359. The summed E-state index contributed by atoms with van der Waals surface area (Å²) >= 11 is 0. The molecular weight excluding hydrogens is 272 g/mol. The lowest BCUT2D eigenvalue weighted by Crippen LogP contribution is -2.51. The minimum atomic E-state index is 0.516. The van der Waals surface area contributed by atoms with Gasteiger partial charge in [0.15, 0.2) is 5.96 Å². The van der Waals surface area contributed by atoms with Gasteiger partial charge in [-0.1, -0.05) is 38.8 Å². The van der Waals surface area contributed by atoms with Crippen molar-refractivity contribution in [3.05, 3.63) is 12.2 Å². The van der Waals surface area contributed by atoms with Crippen LogP contribution in [0, 0.1) is 5.92 Å². The highest BCUT2D eigenvalue weighted by Gasteiger charge is 2.23. The first-order valence-corrected chi connectivity index (χ1v) is 9.07. The van der Waals surface area contributed by atoms with Gasteiger partial charge >= 0.3 is 0 Å². The van der Waals surface area contributed by atoms with Gasteiger partial charge in [0.25, 0.3) is 0 Å². The molecule has 126 valence electrons. The van der Waals surface area contributed by atoms with Crippen molar-refractivity contribution in [2.45, 2.75) is 64.5 Å². The monoisotopic (exact) mass is 306 g/mol. The van der Waals surface area contributed by atoms with Crippen LogP contribution in [0.5, 0.6) is 0 Å². The Labute approximate surface area is 136 Å². The minimum absolute atomic E-state index is 0.516. The second kappa shape index (κ2) is 9.19. The van der Waals surface area contributed by atoms with Crippen molar-refractivity contribution >= 4 is 5.96 Å². The lowest BCUT2D eigenvalue weighted by atomic mass is 10.0. The highest BCUT2D eigenvalue weighted by Crippen LogP contribution is 2.17. The molecule has 1 fully saturated rings. The maximum absolute atomic E-state index is 4.39. The van der Waals surface area contributed by atoms with Crippen LogP contribution in [0.2, 0.25) is 0 Å². The molecule has 0 spiro atoms. The van der Waals surface area contributed by atoms with Crippen LogP contribution in [0.4, 0.5) is 0 Å². The van der Waals surface area contributed by atoms with Gasteiger partial charge in [0.1, 0.15) is 0 Å². The Morgan fingerprint density at radius 3 is 2.32 bits per heavy atom. The molecule has 2 aliphatic rings. The zero-order chi connectivity index (χ0) is 15.8. The van der Waals surface area contributed by atoms with E-state index in [0.717, 1.165) is 25.3 Å². The van der Waals surface area contributed by atoms with E-state index in [-0.39, 0.29) is 0 Å². The van der Waals surface area contributed by atoms with Gasteiger partial charge in [0.2, 0.25) is 0 Å². The van der Waals surface area contributed by atoms with Gasteiger partial charge in [-0.25, -0.2) is 0 Å². The largest absolute Gasteiger partial charge is 0.355 e. The Morgan fingerprint density at radius 1 is 1.14 bits per heavy atom. The topological polar surface area (TPSA) is 39.7 Å². The standard InChI is InChI=1S/C18H34N4/c1-15(2)17(22-12-8-4-5-9-13-22)14-20-18(19-3)21-16-10-6-7-11-16/h6-7,15-17H,4-5,8-14H2,1-3H3,(H2,19,20,21). The summed E-state index contributed by atoms with van der Waals surface area (Å²) in [6.45, 7) is 8.17. The van der Waals surface area contributed by atoms with Crippen molar-refractivity contribution in [1.82, 2.24) is 15.5 Å². The molecular formula is C18H34N4. The fourth-order valence-corrected chi connectivity index (χ4v) is 3.54. The van der Waals surface area contributed by atoms with Gasteiger partial charge in [-0.05, 0) is 44.7 Å². The maximum atomic E-state index is 4.39. The molecule has 1 atom stereocenters. The summed E-state index contributed by atoms with van der Waals surface area (Å²) in [5.41, 5.74) is 0. The molecule has 0 bridgehead atoms. The van der Waals surface area contributed by atoms with Gasteiger partial charge < -0.3 is 10.6 Å². The average molecular weight is 306 g/mol.